The number of carbonyl (C=O) groups excluding carboxylic acids is 1. The molecule has 36 heavy (non-hydrogen) atoms. The lowest BCUT2D eigenvalue weighted by Crippen LogP contribution is -2.54. The standard InChI is InChI=1S/C27H39ClN2O3SSi2/c1-26(2,3)35(7,8)29-34(32,33)24-18-21(13-14-22(24)28)25(31)20-12-11-19-15-16-30(23(19)17-20)36(9,10)27(4,5)6/h11-18,29H,1-10H3. The summed E-state index contributed by atoms with van der Waals surface area (Å²) >= 11 is 6.34. The summed E-state index contributed by atoms with van der Waals surface area (Å²) in [5, 5.41) is 1.10. The third kappa shape index (κ3) is 5.29. The van der Waals surface area contributed by atoms with Crippen molar-refractivity contribution in [3.8, 4) is 0 Å². The Labute approximate surface area is 223 Å². The third-order valence-electron chi connectivity index (χ3n) is 8.14. The number of halogens is 1. The van der Waals surface area contributed by atoms with Crippen LogP contribution in [0.15, 0.2) is 53.6 Å². The van der Waals surface area contributed by atoms with Crippen molar-refractivity contribution in [3.63, 3.8) is 0 Å². The summed E-state index contributed by atoms with van der Waals surface area (Å²) in [5.41, 5.74) is 1.83. The number of rotatable bonds is 6. The normalized spacial score (nSPS) is 13.9. The summed E-state index contributed by atoms with van der Waals surface area (Å²) in [6.45, 7) is 21.5. The van der Waals surface area contributed by atoms with Crippen molar-refractivity contribution < 1.29 is 13.2 Å². The number of aromatic nitrogens is 1. The second kappa shape index (κ2) is 9.24. The molecule has 0 atom stereocenters. The Bertz CT molecular complexity index is 1430. The lowest BCUT2D eigenvalue weighted by molar-refractivity contribution is 0.103. The van der Waals surface area contributed by atoms with E-state index in [0.29, 0.717) is 11.1 Å². The van der Waals surface area contributed by atoms with E-state index in [4.69, 9.17) is 11.6 Å². The first-order valence-electron chi connectivity index (χ1n) is 12.2. The molecule has 0 bridgehead atoms. The van der Waals surface area contributed by atoms with Crippen LogP contribution < -0.4 is 4.39 Å². The van der Waals surface area contributed by atoms with Crippen LogP contribution >= 0.6 is 11.6 Å². The first-order chi connectivity index (χ1) is 16.2. The highest BCUT2D eigenvalue weighted by atomic mass is 35.5. The van der Waals surface area contributed by atoms with E-state index in [-0.39, 0.29) is 25.8 Å². The van der Waals surface area contributed by atoms with E-state index < -0.39 is 26.5 Å². The molecule has 0 radical (unpaired) electrons. The summed E-state index contributed by atoms with van der Waals surface area (Å²) in [4.78, 5) is 13.5. The molecular formula is C27H39ClN2O3SSi2. The monoisotopic (exact) mass is 562 g/mol. The molecule has 0 unspecified atom stereocenters. The minimum absolute atomic E-state index is 0.0643. The van der Waals surface area contributed by atoms with Gasteiger partial charge in [-0.3, -0.25) is 4.79 Å². The second-order valence-corrected chi connectivity index (χ2v) is 25.2. The van der Waals surface area contributed by atoms with E-state index in [0.717, 1.165) is 10.9 Å². The van der Waals surface area contributed by atoms with Crippen molar-refractivity contribution in [2.24, 2.45) is 0 Å². The van der Waals surface area contributed by atoms with Gasteiger partial charge in [0.15, 0.2) is 14.0 Å². The Morgan fingerprint density at radius 3 is 1.97 bits per heavy atom. The van der Waals surface area contributed by atoms with Gasteiger partial charge in [0.25, 0.3) is 0 Å². The molecule has 2 aromatic carbocycles. The molecule has 0 aliphatic rings. The quantitative estimate of drug-likeness (QED) is 0.247. The van der Waals surface area contributed by atoms with Gasteiger partial charge in [0.05, 0.1) is 5.02 Å². The van der Waals surface area contributed by atoms with Gasteiger partial charge in [-0.1, -0.05) is 91.5 Å². The number of nitrogens with one attached hydrogen (secondary N) is 1. The van der Waals surface area contributed by atoms with Gasteiger partial charge in [-0.25, -0.2) is 12.8 Å². The van der Waals surface area contributed by atoms with Crippen molar-refractivity contribution in [2.75, 3.05) is 0 Å². The largest absolute Gasteiger partial charge is 0.374 e. The highest BCUT2D eigenvalue weighted by Gasteiger charge is 2.40. The zero-order valence-electron chi connectivity index (χ0n) is 23.1. The smallest absolute Gasteiger partial charge is 0.236 e. The molecule has 0 amide bonds. The van der Waals surface area contributed by atoms with E-state index in [1.54, 1.807) is 12.1 Å². The van der Waals surface area contributed by atoms with Gasteiger partial charge < -0.3 is 4.23 Å². The zero-order valence-corrected chi connectivity index (χ0v) is 26.6. The van der Waals surface area contributed by atoms with E-state index in [1.165, 1.54) is 12.1 Å². The van der Waals surface area contributed by atoms with Gasteiger partial charge in [-0.05, 0) is 52.0 Å². The number of nitrogens with zero attached hydrogens (tertiary/aromatic N) is 1. The van der Waals surface area contributed by atoms with Crippen LogP contribution in [-0.4, -0.2) is 34.9 Å². The van der Waals surface area contributed by atoms with E-state index >= 15 is 0 Å². The molecular weight excluding hydrogens is 524 g/mol. The molecule has 0 saturated carbocycles. The number of sulfonamides is 1. The van der Waals surface area contributed by atoms with E-state index in [9.17, 15) is 13.2 Å². The Morgan fingerprint density at radius 2 is 1.42 bits per heavy atom. The number of hydrogen-bond donors (Lipinski definition) is 1. The molecule has 1 heterocycles. The molecule has 0 aliphatic carbocycles. The predicted octanol–water partition coefficient (Wildman–Crippen LogP) is 7.66. The van der Waals surface area contributed by atoms with Gasteiger partial charge in [-0.15, -0.1) is 0 Å². The van der Waals surface area contributed by atoms with Crippen LogP contribution in [0.5, 0.6) is 0 Å². The summed E-state index contributed by atoms with van der Waals surface area (Å²) in [7, 11) is -8.21. The topological polar surface area (TPSA) is 68.2 Å². The maximum absolute atomic E-state index is 13.6. The number of hydrogen-bond acceptors (Lipinski definition) is 3. The molecule has 5 nitrogen and oxygen atoms in total. The Hall–Kier alpha value is -1.72. The van der Waals surface area contributed by atoms with Crippen LogP contribution in [-0.2, 0) is 10.0 Å². The van der Waals surface area contributed by atoms with Crippen molar-refractivity contribution >= 4 is 54.8 Å². The summed E-state index contributed by atoms with van der Waals surface area (Å²) in [6.07, 6.45) is 2.12. The molecule has 3 rings (SSSR count). The van der Waals surface area contributed by atoms with Crippen LogP contribution in [0.2, 0.25) is 41.3 Å². The summed E-state index contributed by atoms with van der Waals surface area (Å²) in [5.74, 6) is -0.236. The van der Waals surface area contributed by atoms with Crippen LogP contribution in [0.1, 0.15) is 57.5 Å². The fourth-order valence-electron chi connectivity index (χ4n) is 3.68. The highest BCUT2D eigenvalue weighted by Crippen LogP contribution is 2.39. The Morgan fingerprint density at radius 1 is 0.861 bits per heavy atom. The maximum Gasteiger partial charge on any atom is 0.236 e. The summed E-state index contributed by atoms with van der Waals surface area (Å²) < 4.78 is 31.9. The first kappa shape index (κ1) is 28.8. The van der Waals surface area contributed by atoms with Gasteiger partial charge in [0.2, 0.25) is 10.0 Å². The molecule has 9 heteroatoms. The number of carbonyl (C=O) groups is 1. The van der Waals surface area contributed by atoms with E-state index in [1.807, 2.05) is 46.0 Å². The minimum atomic E-state index is -3.91. The predicted molar refractivity (Wildman–Crippen MR) is 157 cm³/mol. The lowest BCUT2D eigenvalue weighted by atomic mass is 10.0. The number of ketones is 1. The Kier molecular flexibility index (Phi) is 7.40. The third-order valence-corrected chi connectivity index (χ3v) is 21.6. The average molecular weight is 563 g/mol. The van der Waals surface area contributed by atoms with Crippen molar-refractivity contribution in [2.45, 2.75) is 82.7 Å². The zero-order chi connectivity index (χ0) is 27.5. The second-order valence-electron chi connectivity index (χ2n) is 12.7. The van der Waals surface area contributed by atoms with Crippen LogP contribution in [0.4, 0.5) is 0 Å². The van der Waals surface area contributed by atoms with Crippen molar-refractivity contribution in [3.05, 3.63) is 64.8 Å². The molecule has 0 aliphatic heterocycles. The van der Waals surface area contributed by atoms with Gasteiger partial charge in [0, 0.05) is 16.6 Å². The van der Waals surface area contributed by atoms with Gasteiger partial charge >= 0.3 is 0 Å². The van der Waals surface area contributed by atoms with E-state index in [2.05, 4.69) is 54.7 Å². The highest BCUT2D eigenvalue weighted by molar-refractivity contribution is 7.91. The first-order valence-corrected chi connectivity index (χ1v) is 20.0. The average Bonchev–Trinajstić information content (AvgIpc) is 3.15. The number of fused-ring (bicyclic) bond motifs is 1. The molecule has 1 N–H and O–H groups in total. The number of benzene rings is 2. The van der Waals surface area contributed by atoms with Crippen LogP contribution in [0.3, 0.4) is 0 Å². The molecule has 0 saturated heterocycles. The fourth-order valence-corrected chi connectivity index (χ4v) is 11.0. The molecule has 0 spiro atoms. The maximum atomic E-state index is 13.6. The van der Waals surface area contributed by atoms with Crippen molar-refractivity contribution in [1.29, 1.82) is 0 Å². The van der Waals surface area contributed by atoms with Gasteiger partial charge in [-0.2, -0.15) is 0 Å². The lowest BCUT2D eigenvalue weighted by Gasteiger charge is -2.38. The van der Waals surface area contributed by atoms with Crippen molar-refractivity contribution in [1.82, 2.24) is 8.62 Å². The molecule has 3 aromatic rings. The molecule has 1 aromatic heterocycles. The molecule has 196 valence electrons. The van der Waals surface area contributed by atoms with Crippen LogP contribution in [0.25, 0.3) is 10.9 Å². The Balaban J connectivity index is 2.06. The van der Waals surface area contributed by atoms with Gasteiger partial charge in [0.1, 0.15) is 13.1 Å². The van der Waals surface area contributed by atoms with Crippen LogP contribution in [0, 0.1) is 0 Å². The molecule has 0 fully saturated rings. The fraction of sp³-hybridized carbons (Fsp3) is 0.444. The summed E-state index contributed by atoms with van der Waals surface area (Å²) in [6, 6.07) is 12.3. The SMILES string of the molecule is CC(C)(C)[Si](C)(C)NS(=O)(=O)c1cc(C(=O)c2ccc3ccn([Si](C)(C)C(C)(C)C)c3c2)ccc1Cl. The minimum Gasteiger partial charge on any atom is -0.374 e.